The Balaban J connectivity index is 1.82. The van der Waals surface area contributed by atoms with Crippen molar-refractivity contribution in [1.29, 1.82) is 0 Å². The molecule has 1 heterocycles. The van der Waals surface area contributed by atoms with E-state index in [-0.39, 0.29) is 18.7 Å². The van der Waals surface area contributed by atoms with Gasteiger partial charge in [0.1, 0.15) is 18.0 Å². The van der Waals surface area contributed by atoms with Crippen LogP contribution in [0.15, 0.2) is 24.5 Å². The molecule has 0 spiro atoms. The van der Waals surface area contributed by atoms with Gasteiger partial charge in [0.2, 0.25) is 5.91 Å². The summed E-state index contributed by atoms with van der Waals surface area (Å²) in [6.45, 7) is 0. The first kappa shape index (κ1) is 15.2. The fourth-order valence-corrected chi connectivity index (χ4v) is 2.32. The number of carbonyl (C=O) groups excluding carboxylic acids is 1. The molecular weight excluding hydrogens is 276 g/mol. The Morgan fingerprint density at radius 2 is 2.19 bits per heavy atom. The largest absolute Gasteiger partial charge is 0.486 e. The number of nitrogens with one attached hydrogen (secondary N) is 1. The maximum Gasteiger partial charge on any atom is 0.303 e. The van der Waals surface area contributed by atoms with Crippen LogP contribution in [0.1, 0.15) is 25.7 Å². The molecule has 7 heteroatoms. The molecule has 1 aliphatic rings. The number of rotatable bonds is 6. The SMILES string of the molecule is O=C(O)CCC(=O)N[C@@H]1CC[C@@H](Oc2cccnc2)[C@@H]1O. The summed E-state index contributed by atoms with van der Waals surface area (Å²) < 4.78 is 5.64. The maximum absolute atomic E-state index is 11.6. The van der Waals surface area contributed by atoms with Gasteiger partial charge in [0, 0.05) is 12.6 Å². The second-order valence-corrected chi connectivity index (χ2v) is 4.98. The van der Waals surface area contributed by atoms with Gasteiger partial charge in [0.25, 0.3) is 0 Å². The van der Waals surface area contributed by atoms with Gasteiger partial charge in [0.05, 0.1) is 18.7 Å². The molecule has 0 saturated heterocycles. The molecule has 0 aromatic carbocycles. The summed E-state index contributed by atoms with van der Waals surface area (Å²) in [6, 6.07) is 3.08. The summed E-state index contributed by atoms with van der Waals surface area (Å²) in [5.74, 6) is -0.821. The molecule has 0 aliphatic heterocycles. The predicted octanol–water partition coefficient (Wildman–Crippen LogP) is 0.333. The maximum atomic E-state index is 11.6. The summed E-state index contributed by atoms with van der Waals surface area (Å²) in [6.07, 6.45) is 2.86. The third kappa shape index (κ3) is 4.42. The van der Waals surface area contributed by atoms with Crippen LogP contribution in [0.25, 0.3) is 0 Å². The van der Waals surface area contributed by atoms with Crippen LogP contribution in [-0.2, 0) is 9.59 Å². The molecule has 1 aromatic heterocycles. The van der Waals surface area contributed by atoms with Crippen molar-refractivity contribution in [2.45, 2.75) is 43.9 Å². The van der Waals surface area contributed by atoms with E-state index < -0.39 is 24.2 Å². The third-order valence-electron chi connectivity index (χ3n) is 3.39. The van der Waals surface area contributed by atoms with Gasteiger partial charge in [-0.15, -0.1) is 0 Å². The number of carboxylic acid groups (broad SMARTS) is 1. The van der Waals surface area contributed by atoms with Crippen LogP contribution in [0.2, 0.25) is 0 Å². The van der Waals surface area contributed by atoms with Gasteiger partial charge in [-0.3, -0.25) is 14.6 Å². The molecule has 114 valence electrons. The lowest BCUT2D eigenvalue weighted by atomic mass is 10.2. The van der Waals surface area contributed by atoms with Gasteiger partial charge in [-0.1, -0.05) is 0 Å². The fourth-order valence-electron chi connectivity index (χ4n) is 2.32. The number of ether oxygens (including phenoxy) is 1. The van der Waals surface area contributed by atoms with Crippen LogP contribution >= 0.6 is 0 Å². The number of amides is 1. The van der Waals surface area contributed by atoms with Crippen LogP contribution in [0.5, 0.6) is 5.75 Å². The molecule has 2 rings (SSSR count). The summed E-state index contributed by atoms with van der Waals surface area (Å²) >= 11 is 0. The van der Waals surface area contributed by atoms with Gasteiger partial charge in [-0.05, 0) is 25.0 Å². The second-order valence-electron chi connectivity index (χ2n) is 4.98. The first-order chi connectivity index (χ1) is 10.1. The minimum Gasteiger partial charge on any atom is -0.486 e. The first-order valence-corrected chi connectivity index (χ1v) is 6.82. The van der Waals surface area contributed by atoms with Gasteiger partial charge in [-0.25, -0.2) is 0 Å². The number of pyridine rings is 1. The number of aromatic nitrogens is 1. The summed E-state index contributed by atoms with van der Waals surface area (Å²) in [4.78, 5) is 25.9. The van der Waals surface area contributed by atoms with Crippen molar-refractivity contribution in [1.82, 2.24) is 10.3 Å². The highest BCUT2D eigenvalue weighted by Gasteiger charge is 2.37. The molecule has 1 amide bonds. The Kier molecular flexibility index (Phi) is 5.10. The summed E-state index contributed by atoms with van der Waals surface area (Å²) in [5.41, 5.74) is 0. The smallest absolute Gasteiger partial charge is 0.303 e. The van der Waals surface area contributed by atoms with Crippen LogP contribution in [0.4, 0.5) is 0 Å². The van der Waals surface area contributed by atoms with Gasteiger partial charge >= 0.3 is 5.97 Å². The van der Waals surface area contributed by atoms with Crippen LogP contribution in [0, 0.1) is 0 Å². The van der Waals surface area contributed by atoms with Crippen LogP contribution < -0.4 is 10.1 Å². The minimum atomic E-state index is -1.02. The van der Waals surface area contributed by atoms with Crippen molar-refractivity contribution >= 4 is 11.9 Å². The van der Waals surface area contributed by atoms with E-state index in [0.717, 1.165) is 0 Å². The van der Waals surface area contributed by atoms with Gasteiger partial charge < -0.3 is 20.3 Å². The second kappa shape index (κ2) is 7.03. The van der Waals surface area contributed by atoms with Crippen molar-refractivity contribution in [3.63, 3.8) is 0 Å². The first-order valence-electron chi connectivity index (χ1n) is 6.82. The van der Waals surface area contributed by atoms with E-state index in [4.69, 9.17) is 9.84 Å². The van der Waals surface area contributed by atoms with Gasteiger partial charge in [-0.2, -0.15) is 0 Å². The topological polar surface area (TPSA) is 109 Å². The van der Waals surface area contributed by atoms with Gasteiger partial charge in [0.15, 0.2) is 0 Å². The van der Waals surface area contributed by atoms with E-state index >= 15 is 0 Å². The zero-order chi connectivity index (χ0) is 15.2. The van der Waals surface area contributed by atoms with Crippen LogP contribution in [0.3, 0.4) is 0 Å². The molecule has 1 fully saturated rings. The van der Waals surface area contributed by atoms with E-state index in [1.54, 1.807) is 24.5 Å². The third-order valence-corrected chi connectivity index (χ3v) is 3.39. The lowest BCUT2D eigenvalue weighted by Crippen LogP contribution is -2.44. The normalized spacial score (nSPS) is 24.5. The van der Waals surface area contributed by atoms with E-state index in [1.165, 1.54) is 0 Å². The molecule has 0 radical (unpaired) electrons. The van der Waals surface area contributed by atoms with E-state index in [1.807, 2.05) is 0 Å². The number of aliphatic hydroxyl groups excluding tert-OH is 1. The number of hydrogen-bond acceptors (Lipinski definition) is 5. The van der Waals surface area contributed by atoms with Crippen molar-refractivity contribution in [2.75, 3.05) is 0 Å². The number of aliphatic hydroxyl groups is 1. The number of carbonyl (C=O) groups is 2. The number of aliphatic carboxylic acids is 1. The van der Waals surface area contributed by atoms with Crippen molar-refractivity contribution in [3.8, 4) is 5.75 Å². The average Bonchev–Trinajstić information content (AvgIpc) is 2.79. The molecule has 3 N–H and O–H groups in total. The summed E-state index contributed by atoms with van der Waals surface area (Å²) in [7, 11) is 0. The molecule has 1 aromatic rings. The Bertz CT molecular complexity index is 493. The number of carboxylic acids is 1. The predicted molar refractivity (Wildman–Crippen MR) is 72.7 cm³/mol. The Labute approximate surface area is 122 Å². The fraction of sp³-hybridized carbons (Fsp3) is 0.500. The highest BCUT2D eigenvalue weighted by Crippen LogP contribution is 2.25. The lowest BCUT2D eigenvalue weighted by Gasteiger charge is -2.21. The highest BCUT2D eigenvalue weighted by molar-refractivity contribution is 5.80. The molecule has 0 unspecified atom stereocenters. The monoisotopic (exact) mass is 294 g/mol. The Hall–Kier alpha value is -2.15. The molecule has 1 saturated carbocycles. The lowest BCUT2D eigenvalue weighted by molar-refractivity contribution is -0.139. The van der Waals surface area contributed by atoms with E-state index in [2.05, 4.69) is 10.3 Å². The molecule has 3 atom stereocenters. The Morgan fingerprint density at radius 3 is 2.86 bits per heavy atom. The zero-order valence-electron chi connectivity index (χ0n) is 11.4. The number of hydrogen-bond donors (Lipinski definition) is 3. The van der Waals surface area contributed by atoms with Crippen molar-refractivity contribution in [3.05, 3.63) is 24.5 Å². The quantitative estimate of drug-likeness (QED) is 0.698. The molecular formula is C14H18N2O5. The summed E-state index contributed by atoms with van der Waals surface area (Å²) in [5, 5.41) is 21.3. The molecule has 1 aliphatic carbocycles. The highest BCUT2D eigenvalue weighted by atomic mass is 16.5. The standard InChI is InChI=1S/C14H18N2O5/c17-12(5-6-13(18)19)16-10-3-4-11(14(10)20)21-9-2-1-7-15-8-9/h1-2,7-8,10-11,14,20H,3-6H2,(H,16,17)(H,18,19)/t10-,11-,14-/m1/s1. The van der Waals surface area contributed by atoms with Crippen molar-refractivity contribution < 1.29 is 24.5 Å². The minimum absolute atomic E-state index is 0.0906. The Morgan fingerprint density at radius 1 is 1.38 bits per heavy atom. The molecule has 21 heavy (non-hydrogen) atoms. The molecule has 0 bridgehead atoms. The van der Waals surface area contributed by atoms with E-state index in [9.17, 15) is 14.7 Å². The van der Waals surface area contributed by atoms with E-state index in [0.29, 0.717) is 18.6 Å². The number of nitrogens with zero attached hydrogens (tertiary/aromatic N) is 1. The average molecular weight is 294 g/mol. The zero-order valence-corrected chi connectivity index (χ0v) is 11.4. The van der Waals surface area contributed by atoms with Crippen molar-refractivity contribution in [2.24, 2.45) is 0 Å². The molecule has 7 nitrogen and oxygen atoms in total. The van der Waals surface area contributed by atoms with Crippen LogP contribution in [-0.4, -0.2) is 45.3 Å².